The van der Waals surface area contributed by atoms with Crippen LogP contribution < -0.4 is 19.7 Å². The van der Waals surface area contributed by atoms with Crippen molar-refractivity contribution in [2.75, 3.05) is 0 Å². The molecule has 0 radical (unpaired) electrons. The molecular formula is C36H44O4P2. The molecule has 1 atom stereocenters. The van der Waals surface area contributed by atoms with E-state index in [0.717, 1.165) is 19.3 Å². The second-order valence-corrected chi connectivity index (χ2v) is 16.2. The third-order valence-electron chi connectivity index (χ3n) is 7.58. The summed E-state index contributed by atoms with van der Waals surface area (Å²) in [5.74, 6) is 0.864. The molecule has 4 aromatic carbocycles. The molecule has 0 saturated carbocycles. The van der Waals surface area contributed by atoms with Gasteiger partial charge in [0.15, 0.2) is 7.14 Å². The van der Waals surface area contributed by atoms with E-state index >= 15 is 9.13 Å². The molecule has 0 N–H and O–H groups in total. The van der Waals surface area contributed by atoms with Gasteiger partial charge in [0.25, 0.3) is 0 Å². The Morgan fingerprint density at radius 3 is 1.26 bits per heavy atom. The first-order chi connectivity index (χ1) is 20.6. The Balaban J connectivity index is 1.72. The minimum Gasteiger partial charge on any atom is -0.416 e. The SMILES string of the molecule is CCCCCCCCCCCC(P(=O)(Oc1ccccc1)Oc1ccccc1)P(=O)(c1ccccc1)c1ccccc1. The zero-order chi connectivity index (χ0) is 29.5. The van der Waals surface area contributed by atoms with Crippen molar-refractivity contribution in [3.05, 3.63) is 121 Å². The zero-order valence-electron chi connectivity index (χ0n) is 24.7. The molecule has 42 heavy (non-hydrogen) atoms. The van der Waals surface area contributed by atoms with E-state index in [-0.39, 0.29) is 0 Å². The lowest BCUT2D eigenvalue weighted by molar-refractivity contribution is 0.377. The van der Waals surface area contributed by atoms with E-state index in [1.807, 2.05) is 97.1 Å². The van der Waals surface area contributed by atoms with Crippen molar-refractivity contribution < 1.29 is 18.2 Å². The number of hydrogen-bond donors (Lipinski definition) is 0. The molecule has 0 spiro atoms. The van der Waals surface area contributed by atoms with E-state index in [4.69, 9.17) is 9.05 Å². The van der Waals surface area contributed by atoms with Gasteiger partial charge in [0, 0.05) is 10.6 Å². The number of rotatable bonds is 18. The van der Waals surface area contributed by atoms with Gasteiger partial charge in [-0.3, -0.25) is 0 Å². The van der Waals surface area contributed by atoms with Gasteiger partial charge in [-0.25, -0.2) is 4.57 Å². The summed E-state index contributed by atoms with van der Waals surface area (Å²) in [5, 5.41) is 0.441. The van der Waals surface area contributed by atoms with Crippen LogP contribution in [0.2, 0.25) is 0 Å². The van der Waals surface area contributed by atoms with Gasteiger partial charge >= 0.3 is 7.60 Å². The van der Waals surface area contributed by atoms with E-state index < -0.39 is 20.1 Å². The van der Waals surface area contributed by atoms with E-state index in [9.17, 15) is 0 Å². The topological polar surface area (TPSA) is 52.6 Å². The van der Waals surface area contributed by atoms with Crippen LogP contribution in [0, 0.1) is 0 Å². The highest BCUT2D eigenvalue weighted by atomic mass is 31.2. The van der Waals surface area contributed by atoms with E-state index in [1.54, 1.807) is 24.3 Å². The van der Waals surface area contributed by atoms with Gasteiger partial charge in [0.1, 0.15) is 16.9 Å². The molecule has 4 aromatic rings. The van der Waals surface area contributed by atoms with Crippen molar-refractivity contribution in [2.24, 2.45) is 0 Å². The third-order valence-corrected chi connectivity index (χ3v) is 14.6. The molecule has 0 fully saturated rings. The van der Waals surface area contributed by atoms with Gasteiger partial charge in [-0.2, -0.15) is 0 Å². The lowest BCUT2D eigenvalue weighted by atomic mass is 10.1. The Morgan fingerprint density at radius 2 is 0.857 bits per heavy atom. The summed E-state index contributed by atoms with van der Waals surface area (Å²) < 4.78 is 43.7. The van der Waals surface area contributed by atoms with Crippen molar-refractivity contribution in [3.63, 3.8) is 0 Å². The van der Waals surface area contributed by atoms with Crippen LogP contribution in [0.25, 0.3) is 0 Å². The van der Waals surface area contributed by atoms with Crippen molar-refractivity contribution in [3.8, 4) is 11.5 Å². The van der Waals surface area contributed by atoms with Gasteiger partial charge in [-0.1, -0.05) is 162 Å². The van der Waals surface area contributed by atoms with Crippen LogP contribution in [0.4, 0.5) is 0 Å². The Bertz CT molecular complexity index is 1310. The van der Waals surface area contributed by atoms with E-state index in [0.29, 0.717) is 28.5 Å². The maximum absolute atomic E-state index is 15.7. The lowest BCUT2D eigenvalue weighted by Crippen LogP contribution is -2.29. The number of unbranched alkanes of at least 4 members (excludes halogenated alkanes) is 8. The maximum Gasteiger partial charge on any atom is 0.441 e. The Kier molecular flexibility index (Phi) is 12.6. The van der Waals surface area contributed by atoms with Crippen LogP contribution in [-0.4, -0.2) is 5.40 Å². The van der Waals surface area contributed by atoms with Crippen LogP contribution >= 0.6 is 14.7 Å². The largest absolute Gasteiger partial charge is 0.441 e. The summed E-state index contributed by atoms with van der Waals surface area (Å²) in [6.07, 6.45) is 10.9. The first kappa shape index (κ1) is 31.9. The zero-order valence-corrected chi connectivity index (χ0v) is 26.5. The van der Waals surface area contributed by atoms with Crippen molar-refractivity contribution in [1.82, 2.24) is 0 Å². The second kappa shape index (κ2) is 16.5. The van der Waals surface area contributed by atoms with Crippen molar-refractivity contribution in [1.29, 1.82) is 0 Å². The summed E-state index contributed by atoms with van der Waals surface area (Å²) in [6.45, 7) is 2.24. The van der Waals surface area contributed by atoms with Crippen LogP contribution in [0.5, 0.6) is 11.5 Å². The summed E-state index contributed by atoms with van der Waals surface area (Å²) in [6, 6.07) is 37.1. The van der Waals surface area contributed by atoms with Crippen molar-refractivity contribution >= 4 is 25.3 Å². The van der Waals surface area contributed by atoms with Crippen LogP contribution in [0.15, 0.2) is 121 Å². The van der Waals surface area contributed by atoms with Crippen molar-refractivity contribution in [2.45, 2.75) is 76.5 Å². The molecule has 6 heteroatoms. The molecule has 1 unspecified atom stereocenters. The van der Waals surface area contributed by atoms with Gasteiger partial charge in [0.2, 0.25) is 0 Å². The average molecular weight is 603 g/mol. The molecule has 4 rings (SSSR count). The molecule has 0 aliphatic carbocycles. The Morgan fingerprint density at radius 1 is 0.500 bits per heavy atom. The molecule has 0 aliphatic rings. The minimum absolute atomic E-state index is 0.432. The standard InChI is InChI=1S/C36H44O4P2/c1-2-3-4-5-6-7-8-9-22-31-36(41(37,34-27-18-12-19-28-34)35-29-20-13-21-30-35)42(38,39-32-23-14-10-15-24-32)40-33-25-16-11-17-26-33/h10-21,23-30,36H,2-9,22,31H2,1H3. The molecule has 0 amide bonds. The van der Waals surface area contributed by atoms with Crippen LogP contribution in [0.1, 0.15) is 71.1 Å². The monoisotopic (exact) mass is 602 g/mol. The fourth-order valence-corrected chi connectivity index (χ4v) is 12.4. The maximum atomic E-state index is 15.7. The Labute approximate surface area is 252 Å². The minimum atomic E-state index is -4.06. The molecule has 0 saturated heterocycles. The summed E-state index contributed by atoms with van der Waals surface area (Å²) >= 11 is 0. The highest BCUT2D eigenvalue weighted by molar-refractivity contribution is 7.87. The van der Waals surface area contributed by atoms with Gasteiger partial charge < -0.3 is 13.6 Å². The van der Waals surface area contributed by atoms with E-state index in [2.05, 4.69) is 6.92 Å². The quantitative estimate of drug-likeness (QED) is 0.0840. The lowest BCUT2D eigenvalue weighted by Gasteiger charge is -2.34. The van der Waals surface area contributed by atoms with Crippen LogP contribution in [-0.2, 0) is 9.13 Å². The predicted molar refractivity (Wildman–Crippen MR) is 177 cm³/mol. The first-order valence-electron chi connectivity index (χ1n) is 15.4. The third kappa shape index (κ3) is 8.73. The van der Waals surface area contributed by atoms with E-state index in [1.165, 1.54) is 38.5 Å². The molecule has 0 aromatic heterocycles. The fourth-order valence-electron chi connectivity index (χ4n) is 5.37. The first-order valence-corrected chi connectivity index (χ1v) is 18.7. The average Bonchev–Trinajstić information content (AvgIpc) is 3.03. The molecule has 0 bridgehead atoms. The summed E-state index contributed by atoms with van der Waals surface area (Å²) in [7, 11) is -7.58. The predicted octanol–water partition coefficient (Wildman–Crippen LogP) is 10.6. The number of benzene rings is 4. The van der Waals surface area contributed by atoms with Gasteiger partial charge in [0.05, 0.1) is 0 Å². The summed E-state index contributed by atoms with van der Waals surface area (Å²) in [5.41, 5.74) is 0. The second-order valence-electron chi connectivity index (χ2n) is 10.8. The smallest absolute Gasteiger partial charge is 0.416 e. The highest BCUT2D eigenvalue weighted by Gasteiger charge is 2.52. The molecule has 0 heterocycles. The normalized spacial score (nSPS) is 12.5. The molecule has 0 aliphatic heterocycles. The fraction of sp³-hybridized carbons (Fsp3) is 0.333. The highest BCUT2D eigenvalue weighted by Crippen LogP contribution is 2.69. The van der Waals surface area contributed by atoms with Gasteiger partial charge in [-0.05, 0) is 30.7 Å². The number of hydrogen-bond acceptors (Lipinski definition) is 4. The molecule has 222 valence electrons. The van der Waals surface area contributed by atoms with Crippen LogP contribution in [0.3, 0.4) is 0 Å². The number of para-hydroxylation sites is 2. The van der Waals surface area contributed by atoms with Gasteiger partial charge in [-0.15, -0.1) is 0 Å². The molecular weight excluding hydrogens is 558 g/mol. The summed E-state index contributed by atoms with van der Waals surface area (Å²) in [4.78, 5) is 0. The Hall–Kier alpha value is -3.06. The molecule has 4 nitrogen and oxygen atoms in total.